The molecule has 1 N–H and O–H groups in total. The van der Waals surface area contributed by atoms with Gasteiger partial charge < -0.3 is 10.2 Å². The first kappa shape index (κ1) is 15.9. The van der Waals surface area contributed by atoms with Crippen molar-refractivity contribution in [3.05, 3.63) is 54.7 Å². The summed E-state index contributed by atoms with van der Waals surface area (Å²) in [5, 5.41) is 4.43. The third-order valence-electron chi connectivity index (χ3n) is 3.90. The molecule has 120 valence electrons. The average molecular weight is 327 g/mol. The fourth-order valence-corrected chi connectivity index (χ4v) is 3.52. The van der Waals surface area contributed by atoms with Crippen LogP contribution in [0.4, 0.5) is 5.69 Å². The van der Waals surface area contributed by atoms with Gasteiger partial charge in [-0.2, -0.15) is 0 Å². The number of thioether (sulfide) groups is 1. The minimum Gasteiger partial charge on any atom is -0.381 e. The average Bonchev–Trinajstić information content (AvgIpc) is 2.62. The lowest BCUT2D eigenvalue weighted by Gasteiger charge is -2.33. The van der Waals surface area contributed by atoms with E-state index in [0.29, 0.717) is 11.8 Å². The van der Waals surface area contributed by atoms with Crippen molar-refractivity contribution in [1.29, 1.82) is 0 Å². The molecular weight excluding hydrogens is 306 g/mol. The van der Waals surface area contributed by atoms with Crippen molar-refractivity contribution in [2.75, 3.05) is 24.2 Å². The Morgan fingerprint density at radius 1 is 1.22 bits per heavy atom. The van der Waals surface area contributed by atoms with Crippen molar-refractivity contribution in [3.63, 3.8) is 0 Å². The molecule has 0 unspecified atom stereocenters. The van der Waals surface area contributed by atoms with E-state index in [4.69, 9.17) is 0 Å². The molecule has 0 spiro atoms. The minimum absolute atomic E-state index is 0.195. The number of carbonyl (C=O) groups is 1. The van der Waals surface area contributed by atoms with Crippen molar-refractivity contribution in [3.8, 4) is 0 Å². The van der Waals surface area contributed by atoms with Crippen LogP contribution >= 0.6 is 11.8 Å². The molecule has 1 aliphatic heterocycles. The number of aromatic nitrogens is 1. The van der Waals surface area contributed by atoms with E-state index in [-0.39, 0.29) is 5.91 Å². The van der Waals surface area contributed by atoms with Crippen LogP contribution in [0.1, 0.15) is 12.8 Å². The molecule has 0 radical (unpaired) electrons. The van der Waals surface area contributed by atoms with Gasteiger partial charge in [-0.15, -0.1) is 0 Å². The number of carbonyl (C=O) groups excluding carboxylic acids is 1. The van der Waals surface area contributed by atoms with Gasteiger partial charge in [0.2, 0.25) is 5.91 Å². The van der Waals surface area contributed by atoms with E-state index in [9.17, 15) is 4.79 Å². The Kier molecular flexibility index (Phi) is 5.53. The number of rotatable bonds is 5. The largest absolute Gasteiger partial charge is 0.381 e. The molecule has 1 aromatic heterocycles. The quantitative estimate of drug-likeness (QED) is 0.856. The Hall–Kier alpha value is -2.01. The molecule has 1 fully saturated rings. The summed E-state index contributed by atoms with van der Waals surface area (Å²) in [7, 11) is 0. The second kappa shape index (κ2) is 8.02. The van der Waals surface area contributed by atoms with E-state index < -0.39 is 0 Å². The van der Waals surface area contributed by atoms with Crippen LogP contribution in [-0.4, -0.2) is 40.7 Å². The predicted octanol–water partition coefficient (Wildman–Crippen LogP) is 3.28. The van der Waals surface area contributed by atoms with Crippen LogP contribution < -0.4 is 5.32 Å². The molecule has 1 saturated heterocycles. The molecule has 0 bridgehead atoms. The van der Waals surface area contributed by atoms with E-state index in [1.807, 2.05) is 41.3 Å². The molecule has 0 saturated carbocycles. The van der Waals surface area contributed by atoms with Gasteiger partial charge in [-0.1, -0.05) is 36.0 Å². The minimum atomic E-state index is 0.195. The predicted molar refractivity (Wildman–Crippen MR) is 94.6 cm³/mol. The first-order valence-corrected chi connectivity index (χ1v) is 8.93. The number of para-hydroxylation sites is 1. The van der Waals surface area contributed by atoms with Crippen molar-refractivity contribution in [2.45, 2.75) is 23.9 Å². The summed E-state index contributed by atoms with van der Waals surface area (Å²) in [5.41, 5.74) is 1.12. The van der Waals surface area contributed by atoms with Crippen LogP contribution in [0.15, 0.2) is 59.8 Å². The third-order valence-corrected chi connectivity index (χ3v) is 4.83. The highest BCUT2D eigenvalue weighted by Crippen LogP contribution is 2.19. The lowest BCUT2D eigenvalue weighted by atomic mass is 10.1. The highest BCUT2D eigenvalue weighted by molar-refractivity contribution is 7.99. The zero-order valence-corrected chi connectivity index (χ0v) is 13.8. The Balaban J connectivity index is 1.50. The molecule has 5 heteroatoms. The van der Waals surface area contributed by atoms with Gasteiger partial charge in [-0.05, 0) is 37.1 Å². The van der Waals surface area contributed by atoms with Gasteiger partial charge in [0.1, 0.15) is 0 Å². The summed E-state index contributed by atoms with van der Waals surface area (Å²) >= 11 is 1.50. The third kappa shape index (κ3) is 4.73. The Morgan fingerprint density at radius 3 is 2.83 bits per heavy atom. The maximum Gasteiger partial charge on any atom is 0.233 e. The molecule has 2 heterocycles. The Bertz CT molecular complexity index is 621. The standard InChI is InChI=1S/C18H21N3OS/c22-18(14-23-17-10-4-5-11-19-17)21-12-6-9-16(13-21)20-15-7-2-1-3-8-15/h1-5,7-8,10-11,16,20H,6,9,12-14H2/t16-/m1/s1. The van der Waals surface area contributed by atoms with Gasteiger partial charge in [0.25, 0.3) is 0 Å². The van der Waals surface area contributed by atoms with E-state index in [1.165, 1.54) is 11.8 Å². The van der Waals surface area contributed by atoms with E-state index in [2.05, 4.69) is 22.4 Å². The van der Waals surface area contributed by atoms with Crippen molar-refractivity contribution in [2.24, 2.45) is 0 Å². The van der Waals surface area contributed by atoms with Crippen LogP contribution in [0.3, 0.4) is 0 Å². The molecule has 1 amide bonds. The summed E-state index contributed by atoms with van der Waals surface area (Å²) in [6, 6.07) is 16.3. The SMILES string of the molecule is O=C(CSc1ccccn1)N1CCC[C@@H](Nc2ccccc2)C1. The molecule has 3 rings (SSSR count). The Morgan fingerprint density at radius 2 is 2.04 bits per heavy atom. The summed E-state index contributed by atoms with van der Waals surface area (Å²) < 4.78 is 0. The molecular formula is C18H21N3OS. The molecule has 1 atom stereocenters. The molecule has 0 aliphatic carbocycles. The fourth-order valence-electron chi connectivity index (χ4n) is 2.75. The number of hydrogen-bond donors (Lipinski definition) is 1. The van der Waals surface area contributed by atoms with Crippen LogP contribution in [0.5, 0.6) is 0 Å². The molecule has 23 heavy (non-hydrogen) atoms. The first-order chi connectivity index (χ1) is 11.3. The fraction of sp³-hybridized carbons (Fsp3) is 0.333. The first-order valence-electron chi connectivity index (χ1n) is 7.94. The number of nitrogens with zero attached hydrogens (tertiary/aromatic N) is 2. The summed E-state index contributed by atoms with van der Waals surface area (Å²) in [6.45, 7) is 1.63. The monoisotopic (exact) mass is 327 g/mol. The number of nitrogens with one attached hydrogen (secondary N) is 1. The van der Waals surface area contributed by atoms with Gasteiger partial charge in [-0.3, -0.25) is 4.79 Å². The van der Waals surface area contributed by atoms with Gasteiger partial charge >= 0.3 is 0 Å². The van der Waals surface area contributed by atoms with Gasteiger partial charge in [0, 0.05) is 31.0 Å². The van der Waals surface area contributed by atoms with Crippen molar-refractivity contribution in [1.82, 2.24) is 9.88 Å². The number of benzene rings is 1. The highest BCUT2D eigenvalue weighted by atomic mass is 32.2. The van der Waals surface area contributed by atoms with Crippen LogP contribution in [0.25, 0.3) is 0 Å². The maximum atomic E-state index is 12.4. The maximum absolute atomic E-state index is 12.4. The smallest absolute Gasteiger partial charge is 0.233 e. The summed E-state index contributed by atoms with van der Waals surface area (Å²) in [4.78, 5) is 18.6. The van der Waals surface area contributed by atoms with Gasteiger partial charge in [0.05, 0.1) is 10.8 Å². The van der Waals surface area contributed by atoms with E-state index >= 15 is 0 Å². The number of anilines is 1. The molecule has 1 aliphatic rings. The zero-order chi connectivity index (χ0) is 15.9. The van der Waals surface area contributed by atoms with Crippen molar-refractivity contribution >= 4 is 23.4 Å². The van der Waals surface area contributed by atoms with E-state index in [0.717, 1.165) is 36.6 Å². The molecule has 4 nitrogen and oxygen atoms in total. The molecule has 1 aromatic carbocycles. The van der Waals surface area contributed by atoms with Gasteiger partial charge in [-0.25, -0.2) is 4.98 Å². The lowest BCUT2D eigenvalue weighted by molar-refractivity contribution is -0.129. The second-order valence-corrected chi connectivity index (χ2v) is 6.64. The second-order valence-electron chi connectivity index (χ2n) is 5.65. The number of amides is 1. The van der Waals surface area contributed by atoms with Crippen molar-refractivity contribution < 1.29 is 4.79 Å². The highest BCUT2D eigenvalue weighted by Gasteiger charge is 2.23. The number of pyridine rings is 1. The van der Waals surface area contributed by atoms with E-state index in [1.54, 1.807) is 6.20 Å². The van der Waals surface area contributed by atoms with Crippen LogP contribution in [0, 0.1) is 0 Å². The lowest BCUT2D eigenvalue weighted by Crippen LogP contribution is -2.45. The normalized spacial score (nSPS) is 17.7. The zero-order valence-electron chi connectivity index (χ0n) is 13.0. The Labute approximate surface area is 141 Å². The van der Waals surface area contributed by atoms with Crippen LogP contribution in [0.2, 0.25) is 0 Å². The summed E-state index contributed by atoms with van der Waals surface area (Å²) in [5.74, 6) is 0.648. The van der Waals surface area contributed by atoms with Gasteiger partial charge in [0.15, 0.2) is 0 Å². The topological polar surface area (TPSA) is 45.2 Å². The van der Waals surface area contributed by atoms with Crippen LogP contribution in [-0.2, 0) is 4.79 Å². The molecule has 2 aromatic rings. The number of likely N-dealkylation sites (tertiary alicyclic amines) is 1. The number of hydrogen-bond acceptors (Lipinski definition) is 4. The number of piperidine rings is 1. The summed E-state index contributed by atoms with van der Waals surface area (Å²) in [6.07, 6.45) is 3.91.